The molecular formula is C12H11ClN2O. The molecule has 1 atom stereocenters. The number of aromatic nitrogens is 2. The van der Waals surface area contributed by atoms with Gasteiger partial charge < -0.3 is 5.11 Å². The third-order valence-corrected chi connectivity index (χ3v) is 2.74. The van der Waals surface area contributed by atoms with Crippen LogP contribution < -0.4 is 0 Å². The Morgan fingerprint density at radius 3 is 2.50 bits per heavy atom. The molecule has 0 aliphatic rings. The number of hydrogen-bond acceptors (Lipinski definition) is 3. The number of hydrogen-bond donors (Lipinski definition) is 1. The molecule has 0 saturated carbocycles. The summed E-state index contributed by atoms with van der Waals surface area (Å²) in [6, 6.07) is 7.12. The van der Waals surface area contributed by atoms with Crippen molar-refractivity contribution in [3.8, 4) is 0 Å². The molecule has 1 N–H and O–H groups in total. The van der Waals surface area contributed by atoms with Gasteiger partial charge in [0, 0.05) is 23.0 Å². The number of nitrogens with zero attached hydrogens (tertiary/aromatic N) is 2. The van der Waals surface area contributed by atoms with Gasteiger partial charge in [-0.15, -0.1) is 0 Å². The summed E-state index contributed by atoms with van der Waals surface area (Å²) in [6.07, 6.45) is 4.61. The average molecular weight is 235 g/mol. The van der Waals surface area contributed by atoms with Crippen molar-refractivity contribution in [2.45, 2.75) is 12.5 Å². The molecule has 4 heteroatoms. The smallest absolute Gasteiger partial charge is 0.115 e. The molecule has 0 spiro atoms. The van der Waals surface area contributed by atoms with Gasteiger partial charge in [-0.3, -0.25) is 0 Å². The zero-order valence-electron chi connectivity index (χ0n) is 8.76. The zero-order valence-corrected chi connectivity index (χ0v) is 9.52. The van der Waals surface area contributed by atoms with Crippen molar-refractivity contribution in [3.05, 3.63) is 59.1 Å². The largest absolute Gasteiger partial charge is 0.381 e. The van der Waals surface area contributed by atoms with Gasteiger partial charge in [0.2, 0.25) is 0 Å². The van der Waals surface area contributed by atoms with Gasteiger partial charge in [-0.25, -0.2) is 9.97 Å². The molecule has 1 unspecified atom stereocenters. The van der Waals surface area contributed by atoms with E-state index in [0.29, 0.717) is 10.6 Å². The van der Waals surface area contributed by atoms with E-state index in [1.165, 1.54) is 6.33 Å². The molecule has 0 radical (unpaired) electrons. The second-order valence-corrected chi connectivity index (χ2v) is 4.15. The Morgan fingerprint density at radius 2 is 1.88 bits per heavy atom. The van der Waals surface area contributed by atoms with E-state index < -0.39 is 5.60 Å². The van der Waals surface area contributed by atoms with Crippen molar-refractivity contribution < 1.29 is 5.11 Å². The zero-order chi connectivity index (χ0) is 11.6. The van der Waals surface area contributed by atoms with Crippen LogP contribution in [0.1, 0.15) is 18.1 Å². The van der Waals surface area contributed by atoms with E-state index in [1.54, 1.807) is 37.5 Å². The fraction of sp³-hybridized carbons (Fsp3) is 0.167. The third-order valence-electron chi connectivity index (χ3n) is 2.51. The van der Waals surface area contributed by atoms with Gasteiger partial charge in [0.15, 0.2) is 0 Å². The molecule has 0 fully saturated rings. The quantitative estimate of drug-likeness (QED) is 0.868. The molecule has 0 aliphatic heterocycles. The molecule has 1 heterocycles. The Balaban J connectivity index is 2.47. The van der Waals surface area contributed by atoms with Crippen molar-refractivity contribution >= 4 is 11.6 Å². The summed E-state index contributed by atoms with van der Waals surface area (Å²) in [6.45, 7) is 1.69. The molecule has 1 aromatic heterocycles. The Morgan fingerprint density at radius 1 is 1.19 bits per heavy atom. The van der Waals surface area contributed by atoms with Gasteiger partial charge in [-0.05, 0) is 24.6 Å². The molecular weight excluding hydrogens is 224 g/mol. The van der Waals surface area contributed by atoms with E-state index in [0.717, 1.165) is 5.56 Å². The highest BCUT2D eigenvalue weighted by Gasteiger charge is 2.26. The van der Waals surface area contributed by atoms with E-state index in [2.05, 4.69) is 9.97 Å². The van der Waals surface area contributed by atoms with Gasteiger partial charge in [-0.1, -0.05) is 23.7 Å². The van der Waals surface area contributed by atoms with Crippen LogP contribution in [0.2, 0.25) is 5.02 Å². The predicted molar refractivity (Wildman–Crippen MR) is 62.2 cm³/mol. The van der Waals surface area contributed by atoms with E-state index >= 15 is 0 Å². The van der Waals surface area contributed by atoms with Crippen LogP contribution in [-0.2, 0) is 5.60 Å². The lowest BCUT2D eigenvalue weighted by Crippen LogP contribution is -2.23. The Hall–Kier alpha value is -1.45. The minimum Gasteiger partial charge on any atom is -0.381 e. The van der Waals surface area contributed by atoms with Crippen molar-refractivity contribution in [1.29, 1.82) is 0 Å². The van der Waals surface area contributed by atoms with Gasteiger partial charge in [0.1, 0.15) is 11.9 Å². The predicted octanol–water partition coefficient (Wildman–Crippen LogP) is 2.39. The first kappa shape index (κ1) is 11.0. The highest BCUT2D eigenvalue weighted by Crippen LogP contribution is 2.29. The van der Waals surface area contributed by atoms with Gasteiger partial charge >= 0.3 is 0 Å². The second-order valence-electron chi connectivity index (χ2n) is 3.71. The topological polar surface area (TPSA) is 46.0 Å². The minimum atomic E-state index is -1.13. The summed E-state index contributed by atoms with van der Waals surface area (Å²) >= 11 is 5.90. The fourth-order valence-corrected chi connectivity index (χ4v) is 1.70. The van der Waals surface area contributed by atoms with Crippen LogP contribution in [0.15, 0.2) is 43.0 Å². The highest BCUT2D eigenvalue weighted by atomic mass is 35.5. The van der Waals surface area contributed by atoms with Crippen molar-refractivity contribution in [2.75, 3.05) is 0 Å². The lowest BCUT2D eigenvalue weighted by Gasteiger charge is -2.23. The van der Waals surface area contributed by atoms with E-state index in [9.17, 15) is 5.11 Å². The molecule has 0 saturated heterocycles. The Kier molecular flexibility index (Phi) is 2.90. The van der Waals surface area contributed by atoms with Crippen LogP contribution in [0.5, 0.6) is 0 Å². The van der Waals surface area contributed by atoms with Crippen molar-refractivity contribution in [3.63, 3.8) is 0 Å². The van der Waals surface area contributed by atoms with Crippen LogP contribution >= 0.6 is 11.6 Å². The number of benzene rings is 1. The van der Waals surface area contributed by atoms with Crippen molar-refractivity contribution in [2.24, 2.45) is 0 Å². The summed E-state index contributed by atoms with van der Waals surface area (Å²) in [7, 11) is 0. The molecule has 2 aromatic rings. The number of aliphatic hydroxyl groups is 1. The first-order chi connectivity index (χ1) is 7.60. The first-order valence-corrected chi connectivity index (χ1v) is 5.22. The van der Waals surface area contributed by atoms with E-state index in [1.807, 2.05) is 6.07 Å². The van der Waals surface area contributed by atoms with Crippen LogP contribution in [-0.4, -0.2) is 15.1 Å². The normalized spacial score (nSPS) is 14.4. The number of halogens is 1. The van der Waals surface area contributed by atoms with E-state index in [-0.39, 0.29) is 0 Å². The van der Waals surface area contributed by atoms with Gasteiger partial charge in [0.25, 0.3) is 0 Å². The lowest BCUT2D eigenvalue weighted by molar-refractivity contribution is 0.101. The highest BCUT2D eigenvalue weighted by molar-refractivity contribution is 6.30. The maximum Gasteiger partial charge on any atom is 0.115 e. The summed E-state index contributed by atoms with van der Waals surface area (Å²) in [4.78, 5) is 7.79. The van der Waals surface area contributed by atoms with Crippen LogP contribution in [0.3, 0.4) is 0 Å². The molecule has 1 aromatic carbocycles. The Labute approximate surface area is 98.8 Å². The summed E-state index contributed by atoms with van der Waals surface area (Å²) in [5.74, 6) is 0. The van der Waals surface area contributed by atoms with Gasteiger partial charge in [0.05, 0.1) is 0 Å². The van der Waals surface area contributed by atoms with Crippen LogP contribution in [0.4, 0.5) is 0 Å². The second kappa shape index (κ2) is 4.20. The maximum atomic E-state index is 10.4. The Bertz CT molecular complexity index is 485. The third kappa shape index (κ3) is 2.05. The summed E-state index contributed by atoms with van der Waals surface area (Å²) in [5, 5.41) is 11.0. The molecule has 82 valence electrons. The standard InChI is InChI=1S/C12H11ClN2O/c1-12(16,10-6-14-8-15-7-10)9-3-2-4-11(13)5-9/h2-8,16H,1H3. The minimum absolute atomic E-state index is 0.592. The molecule has 2 rings (SSSR count). The summed E-state index contributed by atoms with van der Waals surface area (Å²) < 4.78 is 0. The van der Waals surface area contributed by atoms with Gasteiger partial charge in [-0.2, -0.15) is 0 Å². The molecule has 0 bridgehead atoms. The monoisotopic (exact) mass is 234 g/mol. The molecule has 16 heavy (non-hydrogen) atoms. The SMILES string of the molecule is CC(O)(c1cncnc1)c1cccc(Cl)c1. The first-order valence-electron chi connectivity index (χ1n) is 4.84. The van der Waals surface area contributed by atoms with E-state index in [4.69, 9.17) is 11.6 Å². The molecule has 0 aliphatic carbocycles. The fourth-order valence-electron chi connectivity index (χ4n) is 1.51. The molecule has 0 amide bonds. The average Bonchev–Trinajstić information content (AvgIpc) is 2.30. The maximum absolute atomic E-state index is 10.4. The van der Waals surface area contributed by atoms with Crippen LogP contribution in [0, 0.1) is 0 Å². The lowest BCUT2D eigenvalue weighted by atomic mass is 9.90. The summed E-state index contributed by atoms with van der Waals surface area (Å²) in [5.41, 5.74) is 0.221. The molecule has 3 nitrogen and oxygen atoms in total. The van der Waals surface area contributed by atoms with Crippen molar-refractivity contribution in [1.82, 2.24) is 9.97 Å². The van der Waals surface area contributed by atoms with Crippen LogP contribution in [0.25, 0.3) is 0 Å². The number of rotatable bonds is 2.